The molecule has 0 heterocycles. The van der Waals surface area contributed by atoms with E-state index < -0.39 is 0 Å². The van der Waals surface area contributed by atoms with E-state index >= 15 is 0 Å². The van der Waals surface area contributed by atoms with Gasteiger partial charge in [0.15, 0.2) is 0 Å². The quantitative estimate of drug-likeness (QED) is 0.716. The Morgan fingerprint density at radius 2 is 2.31 bits per heavy atom. The summed E-state index contributed by atoms with van der Waals surface area (Å²) in [5.74, 6) is 0.860. The molecule has 0 fully saturated rings. The lowest BCUT2D eigenvalue weighted by Crippen LogP contribution is -1.96. The topological polar surface area (TPSA) is 38.3 Å². The van der Waals surface area contributed by atoms with Crippen LogP contribution in [0.2, 0.25) is 0 Å². The van der Waals surface area contributed by atoms with Gasteiger partial charge in [0, 0.05) is 5.69 Å². The van der Waals surface area contributed by atoms with Gasteiger partial charge < -0.3 is 10.1 Å². The van der Waals surface area contributed by atoms with Gasteiger partial charge in [-0.15, -0.1) is 0 Å². The number of methoxy groups -OCH3 is 1. The van der Waals surface area contributed by atoms with E-state index in [1.54, 1.807) is 7.11 Å². The Hall–Kier alpha value is -1.51. The third kappa shape index (κ3) is 2.21. The highest BCUT2D eigenvalue weighted by Gasteiger charge is 2.01. The molecule has 1 aromatic carbocycles. The Kier molecular flexibility index (Phi) is 3.31. The number of hydrogen-bond acceptors (Lipinski definition) is 2. The first-order chi connectivity index (χ1) is 6.31. The van der Waals surface area contributed by atoms with Gasteiger partial charge in [-0.1, -0.05) is 6.92 Å². The molecule has 0 spiro atoms. The van der Waals surface area contributed by atoms with Gasteiger partial charge in [0.2, 0.25) is 6.41 Å². The molecular weight excluding hydrogens is 166 g/mol. The predicted molar refractivity (Wildman–Crippen MR) is 52.1 cm³/mol. The molecule has 70 valence electrons. The van der Waals surface area contributed by atoms with Crippen LogP contribution in [-0.2, 0) is 11.2 Å². The average Bonchev–Trinajstić information content (AvgIpc) is 2.18. The Morgan fingerprint density at radius 1 is 1.54 bits per heavy atom. The fourth-order valence-corrected chi connectivity index (χ4v) is 1.21. The van der Waals surface area contributed by atoms with E-state index in [2.05, 4.69) is 5.32 Å². The highest BCUT2D eigenvalue weighted by atomic mass is 16.5. The third-order valence-electron chi connectivity index (χ3n) is 1.89. The van der Waals surface area contributed by atoms with Crippen LogP contribution in [0, 0.1) is 0 Å². The van der Waals surface area contributed by atoms with E-state index in [-0.39, 0.29) is 0 Å². The Morgan fingerprint density at radius 3 is 2.85 bits per heavy atom. The maximum atomic E-state index is 10.2. The second kappa shape index (κ2) is 4.50. The molecule has 0 aliphatic heterocycles. The summed E-state index contributed by atoms with van der Waals surface area (Å²) in [4.78, 5) is 10.2. The smallest absolute Gasteiger partial charge is 0.211 e. The molecule has 1 amide bonds. The summed E-state index contributed by atoms with van der Waals surface area (Å²) >= 11 is 0. The predicted octanol–water partition coefficient (Wildman–Crippen LogP) is 1.83. The molecule has 1 N–H and O–H groups in total. The standard InChI is InChI=1S/C10H13NO2/c1-3-8-6-9(11-7-12)4-5-10(8)13-2/h4-7H,3H2,1-2H3,(H,11,12). The van der Waals surface area contributed by atoms with Crippen LogP contribution in [-0.4, -0.2) is 13.5 Å². The Balaban J connectivity index is 2.98. The first-order valence-electron chi connectivity index (χ1n) is 4.19. The first-order valence-corrected chi connectivity index (χ1v) is 4.19. The average molecular weight is 179 g/mol. The summed E-state index contributed by atoms with van der Waals surface area (Å²) in [5.41, 5.74) is 1.89. The summed E-state index contributed by atoms with van der Waals surface area (Å²) in [7, 11) is 1.64. The van der Waals surface area contributed by atoms with Gasteiger partial charge in [0.25, 0.3) is 0 Å². The molecule has 0 atom stereocenters. The van der Waals surface area contributed by atoms with Gasteiger partial charge in [0.05, 0.1) is 7.11 Å². The summed E-state index contributed by atoms with van der Waals surface area (Å²) in [6.45, 7) is 2.04. The summed E-state index contributed by atoms with van der Waals surface area (Å²) in [5, 5.41) is 2.60. The van der Waals surface area contributed by atoms with E-state index in [1.165, 1.54) is 0 Å². The van der Waals surface area contributed by atoms with E-state index in [0.29, 0.717) is 6.41 Å². The summed E-state index contributed by atoms with van der Waals surface area (Å²) < 4.78 is 5.15. The lowest BCUT2D eigenvalue weighted by molar-refractivity contribution is -0.105. The van der Waals surface area contributed by atoms with Crippen molar-refractivity contribution >= 4 is 12.1 Å². The van der Waals surface area contributed by atoms with Crippen LogP contribution in [0.4, 0.5) is 5.69 Å². The highest BCUT2D eigenvalue weighted by Crippen LogP contribution is 2.22. The second-order valence-electron chi connectivity index (χ2n) is 2.64. The van der Waals surface area contributed by atoms with Crippen molar-refractivity contribution in [2.24, 2.45) is 0 Å². The minimum atomic E-state index is 0.668. The number of rotatable bonds is 4. The zero-order valence-electron chi connectivity index (χ0n) is 7.83. The zero-order valence-corrected chi connectivity index (χ0v) is 7.83. The van der Waals surface area contributed by atoms with Crippen LogP contribution in [0.25, 0.3) is 0 Å². The van der Waals surface area contributed by atoms with Crippen molar-refractivity contribution in [2.45, 2.75) is 13.3 Å². The molecule has 3 heteroatoms. The van der Waals surface area contributed by atoms with Crippen molar-refractivity contribution in [3.63, 3.8) is 0 Å². The van der Waals surface area contributed by atoms with E-state index in [9.17, 15) is 4.79 Å². The fraction of sp³-hybridized carbons (Fsp3) is 0.300. The van der Waals surface area contributed by atoms with Crippen molar-refractivity contribution in [1.82, 2.24) is 0 Å². The molecule has 0 radical (unpaired) electrons. The van der Waals surface area contributed by atoms with Crippen LogP contribution >= 0.6 is 0 Å². The van der Waals surface area contributed by atoms with Crippen LogP contribution in [0.15, 0.2) is 18.2 Å². The SMILES string of the molecule is CCc1cc(NC=O)ccc1OC. The largest absolute Gasteiger partial charge is 0.496 e. The zero-order chi connectivity index (χ0) is 9.68. The van der Waals surface area contributed by atoms with Crippen LogP contribution in [0.1, 0.15) is 12.5 Å². The van der Waals surface area contributed by atoms with Gasteiger partial charge in [-0.25, -0.2) is 0 Å². The molecule has 0 bridgehead atoms. The van der Waals surface area contributed by atoms with E-state index in [0.717, 1.165) is 23.4 Å². The number of carbonyl (C=O) groups excluding carboxylic acids is 1. The minimum absolute atomic E-state index is 0.668. The van der Waals surface area contributed by atoms with Crippen LogP contribution in [0.5, 0.6) is 5.75 Å². The van der Waals surface area contributed by atoms with Crippen molar-refractivity contribution in [3.8, 4) is 5.75 Å². The lowest BCUT2D eigenvalue weighted by atomic mass is 10.1. The highest BCUT2D eigenvalue weighted by molar-refractivity contribution is 5.72. The van der Waals surface area contributed by atoms with Gasteiger partial charge in [-0.05, 0) is 30.2 Å². The maximum absolute atomic E-state index is 10.2. The molecule has 0 aliphatic carbocycles. The molecule has 0 aliphatic rings. The van der Waals surface area contributed by atoms with Crippen molar-refractivity contribution in [1.29, 1.82) is 0 Å². The van der Waals surface area contributed by atoms with Gasteiger partial charge in [-0.2, -0.15) is 0 Å². The molecule has 3 nitrogen and oxygen atoms in total. The number of benzene rings is 1. The maximum Gasteiger partial charge on any atom is 0.211 e. The summed E-state index contributed by atoms with van der Waals surface area (Å²) in [6.07, 6.45) is 1.55. The van der Waals surface area contributed by atoms with Gasteiger partial charge >= 0.3 is 0 Å². The number of hydrogen-bond donors (Lipinski definition) is 1. The normalized spacial score (nSPS) is 9.38. The van der Waals surface area contributed by atoms with Crippen molar-refractivity contribution in [2.75, 3.05) is 12.4 Å². The number of anilines is 1. The third-order valence-corrected chi connectivity index (χ3v) is 1.89. The number of carbonyl (C=O) groups is 1. The lowest BCUT2D eigenvalue weighted by Gasteiger charge is -2.07. The van der Waals surface area contributed by atoms with Crippen molar-refractivity contribution in [3.05, 3.63) is 23.8 Å². The molecule has 0 saturated heterocycles. The first kappa shape index (κ1) is 9.58. The fourth-order valence-electron chi connectivity index (χ4n) is 1.21. The minimum Gasteiger partial charge on any atom is -0.496 e. The van der Waals surface area contributed by atoms with Gasteiger partial charge in [0.1, 0.15) is 5.75 Å². The Bertz CT molecular complexity index is 297. The monoisotopic (exact) mass is 179 g/mol. The second-order valence-corrected chi connectivity index (χ2v) is 2.64. The number of ether oxygens (including phenoxy) is 1. The molecule has 1 rings (SSSR count). The molecule has 0 unspecified atom stereocenters. The summed E-state index contributed by atoms with van der Waals surface area (Å²) in [6, 6.07) is 5.57. The number of nitrogens with one attached hydrogen (secondary N) is 1. The Labute approximate surface area is 77.7 Å². The molecule has 13 heavy (non-hydrogen) atoms. The molecular formula is C10H13NO2. The van der Waals surface area contributed by atoms with Crippen LogP contribution in [0.3, 0.4) is 0 Å². The molecule has 0 aromatic heterocycles. The molecule has 1 aromatic rings. The number of aryl methyl sites for hydroxylation is 1. The van der Waals surface area contributed by atoms with Gasteiger partial charge in [-0.3, -0.25) is 4.79 Å². The van der Waals surface area contributed by atoms with E-state index in [4.69, 9.17) is 4.74 Å². The molecule has 0 saturated carbocycles. The number of amides is 1. The van der Waals surface area contributed by atoms with Crippen LogP contribution < -0.4 is 10.1 Å². The van der Waals surface area contributed by atoms with Crippen molar-refractivity contribution < 1.29 is 9.53 Å². The van der Waals surface area contributed by atoms with E-state index in [1.807, 2.05) is 25.1 Å².